The van der Waals surface area contributed by atoms with Crippen molar-refractivity contribution < 1.29 is 17.5 Å². The van der Waals surface area contributed by atoms with E-state index < -0.39 is 10.1 Å². The third-order valence-corrected chi connectivity index (χ3v) is 5.89. The molecule has 0 bridgehead atoms. The van der Waals surface area contributed by atoms with Gasteiger partial charge in [0.05, 0.1) is 25.5 Å². The second-order valence-electron chi connectivity index (χ2n) is 8.27. The highest BCUT2D eigenvalue weighted by Gasteiger charge is 2.14. The van der Waals surface area contributed by atoms with Crippen LogP contribution in [0.3, 0.4) is 0 Å². The molecule has 0 amide bonds. The topological polar surface area (TPSA) is 57.2 Å². The summed E-state index contributed by atoms with van der Waals surface area (Å²) in [7, 11) is 0.326. The van der Waals surface area contributed by atoms with E-state index in [9.17, 15) is 13.0 Å². The maximum absolute atomic E-state index is 10.6. The summed E-state index contributed by atoms with van der Waals surface area (Å²) in [5.41, 5.74) is 1.79. The molecule has 0 aliphatic heterocycles. The fourth-order valence-electron chi connectivity index (χ4n) is 3.35. The Bertz CT molecular complexity index is 846. The van der Waals surface area contributed by atoms with E-state index >= 15 is 0 Å². The fraction of sp³-hybridized carbons (Fsp3) is 0.440. The maximum atomic E-state index is 10.6. The van der Waals surface area contributed by atoms with Crippen molar-refractivity contribution in [2.24, 2.45) is 0 Å². The van der Waals surface area contributed by atoms with Gasteiger partial charge in [0.2, 0.25) is 0 Å². The van der Waals surface area contributed by atoms with E-state index in [4.69, 9.17) is 0 Å². The first-order valence-electron chi connectivity index (χ1n) is 10.7. The quantitative estimate of drug-likeness (QED) is 0.254. The molecule has 0 aliphatic carbocycles. The summed E-state index contributed by atoms with van der Waals surface area (Å²) in [6, 6.07) is 16.8. The number of hydrogen-bond acceptors (Lipinski definition) is 3. The molecule has 0 aromatic heterocycles. The van der Waals surface area contributed by atoms with Gasteiger partial charge in [-0.15, -0.1) is 0 Å². The molecule has 166 valence electrons. The van der Waals surface area contributed by atoms with Gasteiger partial charge in [-0.25, -0.2) is 8.42 Å². The van der Waals surface area contributed by atoms with Crippen molar-refractivity contribution in [3.05, 3.63) is 72.3 Å². The molecule has 0 atom stereocenters. The largest absolute Gasteiger partial charge is 0.744 e. The van der Waals surface area contributed by atoms with Gasteiger partial charge in [0.1, 0.15) is 16.7 Å². The van der Waals surface area contributed by atoms with E-state index in [1.807, 2.05) is 0 Å². The number of benzene rings is 2. The summed E-state index contributed by atoms with van der Waals surface area (Å²) < 4.78 is 32.9. The molecule has 4 nitrogen and oxygen atoms in total. The summed E-state index contributed by atoms with van der Waals surface area (Å²) in [6.07, 6.45) is 9.68. The van der Waals surface area contributed by atoms with Gasteiger partial charge in [-0.3, -0.25) is 0 Å². The van der Waals surface area contributed by atoms with Gasteiger partial charge in [-0.1, -0.05) is 93.8 Å². The molecule has 0 aliphatic rings. The average molecular weight is 432 g/mol. The van der Waals surface area contributed by atoms with E-state index in [1.54, 1.807) is 6.07 Å². The predicted octanol–water partition coefficient (Wildman–Crippen LogP) is 5.86. The standard InChI is InChI=1S/C17H30N.C8H8O3S/c1-4-5-6-7-8-12-15-18(2,3)16-17-13-10-9-11-14-17;1-2-7-5-3-4-6-8(7)12(9,10)11/h9-11,13-14H,4-8,12,15-16H2,1-3H3;2-6H,1H2,(H,9,10,11)/q+1;/p-1. The Balaban J connectivity index is 0.000000325. The molecule has 0 unspecified atom stereocenters. The number of nitrogens with zero attached hydrogens (tertiary/aromatic N) is 1. The van der Waals surface area contributed by atoms with Crippen LogP contribution in [0.25, 0.3) is 6.08 Å². The first kappa shape index (κ1) is 26.1. The highest BCUT2D eigenvalue weighted by atomic mass is 32.2. The van der Waals surface area contributed by atoms with E-state index in [2.05, 4.69) is 57.9 Å². The van der Waals surface area contributed by atoms with Gasteiger partial charge in [0, 0.05) is 5.56 Å². The van der Waals surface area contributed by atoms with Crippen molar-refractivity contribution in [3.8, 4) is 0 Å². The third-order valence-electron chi connectivity index (χ3n) is 4.98. The SMILES string of the molecule is C=Cc1ccccc1S(=O)(=O)[O-].CCCCCCCC[N+](C)(C)Cc1ccccc1. The highest BCUT2D eigenvalue weighted by Crippen LogP contribution is 2.15. The van der Waals surface area contributed by atoms with Crippen LogP contribution in [-0.2, 0) is 16.7 Å². The average Bonchev–Trinajstić information content (AvgIpc) is 2.71. The van der Waals surface area contributed by atoms with Crippen LogP contribution in [0.2, 0.25) is 0 Å². The first-order chi connectivity index (χ1) is 14.2. The zero-order chi connectivity index (χ0) is 22.5. The van der Waals surface area contributed by atoms with Crippen LogP contribution >= 0.6 is 0 Å². The number of unbranched alkanes of at least 4 members (excludes halogenated alkanes) is 5. The molecule has 2 aromatic carbocycles. The summed E-state index contributed by atoms with van der Waals surface area (Å²) in [4.78, 5) is -0.222. The van der Waals surface area contributed by atoms with Crippen molar-refractivity contribution in [2.75, 3.05) is 20.6 Å². The monoisotopic (exact) mass is 431 g/mol. The van der Waals surface area contributed by atoms with E-state index in [0.717, 1.165) is 11.0 Å². The van der Waals surface area contributed by atoms with Crippen molar-refractivity contribution in [1.29, 1.82) is 0 Å². The van der Waals surface area contributed by atoms with Crippen molar-refractivity contribution in [1.82, 2.24) is 0 Å². The predicted molar refractivity (Wildman–Crippen MR) is 125 cm³/mol. The summed E-state index contributed by atoms with van der Waals surface area (Å²) >= 11 is 0. The molecule has 0 saturated carbocycles. The van der Waals surface area contributed by atoms with Crippen LogP contribution in [0, 0.1) is 0 Å². The molecular formula is C25H37NO3S. The van der Waals surface area contributed by atoms with Crippen LogP contribution in [0.15, 0.2) is 66.1 Å². The van der Waals surface area contributed by atoms with Gasteiger partial charge in [0.15, 0.2) is 0 Å². The zero-order valence-corrected chi connectivity index (χ0v) is 19.5. The van der Waals surface area contributed by atoms with Gasteiger partial charge < -0.3 is 9.04 Å². The minimum absolute atomic E-state index is 0.222. The van der Waals surface area contributed by atoms with E-state index in [1.165, 1.54) is 74.9 Å². The molecule has 0 radical (unpaired) electrons. The normalized spacial score (nSPS) is 11.5. The number of quaternary nitrogens is 1. The third kappa shape index (κ3) is 10.7. The van der Waals surface area contributed by atoms with Crippen LogP contribution < -0.4 is 0 Å². The lowest BCUT2D eigenvalue weighted by Gasteiger charge is -2.30. The lowest BCUT2D eigenvalue weighted by Crippen LogP contribution is -2.39. The Labute approximate surface area is 183 Å². The molecule has 0 fully saturated rings. The molecule has 30 heavy (non-hydrogen) atoms. The van der Waals surface area contributed by atoms with Crippen LogP contribution in [0.4, 0.5) is 0 Å². The molecule has 2 aromatic rings. The summed E-state index contributed by atoms with van der Waals surface area (Å²) in [5.74, 6) is 0. The van der Waals surface area contributed by atoms with E-state index in [0.29, 0.717) is 5.56 Å². The molecule has 0 heterocycles. The zero-order valence-electron chi connectivity index (χ0n) is 18.7. The van der Waals surface area contributed by atoms with Crippen LogP contribution in [0.5, 0.6) is 0 Å². The summed E-state index contributed by atoms with van der Waals surface area (Å²) in [6.45, 7) is 8.12. The van der Waals surface area contributed by atoms with Crippen LogP contribution in [-0.4, -0.2) is 38.1 Å². The molecule has 0 saturated heterocycles. The van der Waals surface area contributed by atoms with Gasteiger partial charge in [0.25, 0.3) is 0 Å². The summed E-state index contributed by atoms with van der Waals surface area (Å²) in [5, 5.41) is 0. The van der Waals surface area contributed by atoms with Crippen LogP contribution in [0.1, 0.15) is 56.6 Å². The van der Waals surface area contributed by atoms with Gasteiger partial charge >= 0.3 is 0 Å². The van der Waals surface area contributed by atoms with E-state index in [-0.39, 0.29) is 4.90 Å². The number of hydrogen-bond donors (Lipinski definition) is 0. The van der Waals surface area contributed by atoms with Crippen molar-refractivity contribution in [2.45, 2.75) is 56.9 Å². The van der Waals surface area contributed by atoms with Crippen molar-refractivity contribution in [3.63, 3.8) is 0 Å². The Morgan fingerprint density at radius 3 is 2.03 bits per heavy atom. The molecule has 5 heteroatoms. The fourth-order valence-corrected chi connectivity index (χ4v) is 4.04. The molecule has 0 N–H and O–H groups in total. The minimum Gasteiger partial charge on any atom is -0.744 e. The lowest BCUT2D eigenvalue weighted by molar-refractivity contribution is -0.903. The highest BCUT2D eigenvalue weighted by molar-refractivity contribution is 7.85. The molecule has 2 rings (SSSR count). The Morgan fingerprint density at radius 2 is 1.47 bits per heavy atom. The molecular weight excluding hydrogens is 394 g/mol. The second kappa shape index (κ2) is 13.4. The first-order valence-corrected chi connectivity index (χ1v) is 12.1. The Kier molecular flexibility index (Phi) is 11.6. The second-order valence-corrected chi connectivity index (χ2v) is 9.61. The van der Waals surface area contributed by atoms with Crippen molar-refractivity contribution >= 4 is 16.2 Å². The van der Waals surface area contributed by atoms with Gasteiger partial charge in [-0.05, 0) is 24.5 Å². The van der Waals surface area contributed by atoms with Gasteiger partial charge in [-0.2, -0.15) is 0 Å². The maximum Gasteiger partial charge on any atom is 0.125 e. The minimum atomic E-state index is -4.37. The smallest absolute Gasteiger partial charge is 0.125 e. The molecule has 0 spiro atoms. The number of rotatable bonds is 11. The Hall–Kier alpha value is -1.95. The Morgan fingerprint density at radius 1 is 0.900 bits per heavy atom. The lowest BCUT2D eigenvalue weighted by atomic mass is 10.1.